The number of nitrogens with one attached hydrogen (secondary N) is 1. The summed E-state index contributed by atoms with van der Waals surface area (Å²) in [5.41, 5.74) is -0.0904. The SMILES string of the molecule is CC(C)C(CN(C)C)NS(=O)(=O)c1cccnc1C#N. The van der Waals surface area contributed by atoms with Crippen molar-refractivity contribution >= 4 is 10.0 Å². The van der Waals surface area contributed by atoms with Gasteiger partial charge in [-0.3, -0.25) is 0 Å². The second-order valence-corrected chi connectivity index (χ2v) is 6.88. The van der Waals surface area contributed by atoms with Crippen molar-refractivity contribution in [2.45, 2.75) is 24.8 Å². The Hall–Kier alpha value is -1.49. The first kappa shape index (κ1) is 16.6. The van der Waals surface area contributed by atoms with E-state index in [1.54, 1.807) is 6.07 Å². The third kappa shape index (κ3) is 4.27. The topological polar surface area (TPSA) is 86.1 Å². The van der Waals surface area contributed by atoms with Crippen molar-refractivity contribution in [3.05, 3.63) is 24.0 Å². The molecule has 0 aliphatic carbocycles. The minimum absolute atomic E-state index is 0.0769. The van der Waals surface area contributed by atoms with Crippen LogP contribution < -0.4 is 4.72 Å². The minimum Gasteiger partial charge on any atom is -0.308 e. The Morgan fingerprint density at radius 2 is 2.10 bits per heavy atom. The van der Waals surface area contributed by atoms with Crippen LogP contribution in [-0.2, 0) is 10.0 Å². The summed E-state index contributed by atoms with van der Waals surface area (Å²) in [6, 6.07) is 4.47. The van der Waals surface area contributed by atoms with Gasteiger partial charge in [0.15, 0.2) is 5.69 Å². The smallest absolute Gasteiger partial charge is 0.243 e. The molecule has 1 atom stereocenters. The van der Waals surface area contributed by atoms with Gasteiger partial charge in [-0.25, -0.2) is 18.1 Å². The van der Waals surface area contributed by atoms with E-state index in [1.807, 2.05) is 32.8 Å². The fraction of sp³-hybridized carbons (Fsp3) is 0.538. The molecule has 1 aromatic heterocycles. The molecule has 1 unspecified atom stereocenters. The van der Waals surface area contributed by atoms with Gasteiger partial charge >= 0.3 is 0 Å². The van der Waals surface area contributed by atoms with Crippen LogP contribution in [0.4, 0.5) is 0 Å². The number of hydrogen-bond acceptors (Lipinski definition) is 5. The molecule has 0 spiro atoms. The Morgan fingerprint density at radius 1 is 1.45 bits per heavy atom. The summed E-state index contributed by atoms with van der Waals surface area (Å²) in [5, 5.41) is 8.96. The molecule has 0 aromatic carbocycles. The summed E-state index contributed by atoms with van der Waals surface area (Å²) in [4.78, 5) is 5.63. The highest BCUT2D eigenvalue weighted by molar-refractivity contribution is 7.89. The minimum atomic E-state index is -3.75. The lowest BCUT2D eigenvalue weighted by molar-refractivity contribution is 0.314. The lowest BCUT2D eigenvalue weighted by Gasteiger charge is -2.25. The molecular weight excluding hydrogens is 276 g/mol. The molecule has 0 bridgehead atoms. The van der Waals surface area contributed by atoms with Crippen molar-refractivity contribution < 1.29 is 8.42 Å². The van der Waals surface area contributed by atoms with E-state index in [2.05, 4.69) is 9.71 Å². The molecule has 0 radical (unpaired) electrons. The van der Waals surface area contributed by atoms with Gasteiger partial charge in [0.2, 0.25) is 10.0 Å². The third-order valence-electron chi connectivity index (χ3n) is 2.84. The number of likely N-dealkylation sites (N-methyl/N-ethyl adjacent to an activating group) is 1. The molecule has 1 N–H and O–H groups in total. The highest BCUT2D eigenvalue weighted by atomic mass is 32.2. The van der Waals surface area contributed by atoms with Crippen molar-refractivity contribution in [3.8, 4) is 6.07 Å². The molecule has 1 heterocycles. The van der Waals surface area contributed by atoms with Gasteiger partial charge in [-0.15, -0.1) is 0 Å². The number of sulfonamides is 1. The number of aromatic nitrogens is 1. The number of nitriles is 1. The Morgan fingerprint density at radius 3 is 2.60 bits per heavy atom. The van der Waals surface area contributed by atoms with Gasteiger partial charge in [-0.1, -0.05) is 13.8 Å². The number of nitrogens with zero attached hydrogens (tertiary/aromatic N) is 3. The van der Waals surface area contributed by atoms with E-state index in [0.29, 0.717) is 6.54 Å². The van der Waals surface area contributed by atoms with E-state index in [1.165, 1.54) is 18.3 Å². The Balaban J connectivity index is 3.07. The zero-order chi connectivity index (χ0) is 15.3. The van der Waals surface area contributed by atoms with E-state index in [0.717, 1.165) is 0 Å². The van der Waals surface area contributed by atoms with Gasteiger partial charge in [-0.2, -0.15) is 5.26 Å². The number of rotatable bonds is 6. The van der Waals surface area contributed by atoms with Crippen molar-refractivity contribution in [1.82, 2.24) is 14.6 Å². The Bertz CT molecular complexity index is 591. The first-order chi connectivity index (χ1) is 9.27. The van der Waals surface area contributed by atoms with Gasteiger partial charge < -0.3 is 4.90 Å². The largest absolute Gasteiger partial charge is 0.308 e. The Kier molecular flexibility index (Phi) is 5.62. The molecular formula is C13H20N4O2S. The van der Waals surface area contributed by atoms with Crippen LogP contribution in [0.1, 0.15) is 19.5 Å². The van der Waals surface area contributed by atoms with Crippen LogP contribution >= 0.6 is 0 Å². The standard InChI is InChI=1S/C13H20N4O2S/c1-10(2)12(9-17(3)4)16-20(18,19)13-6-5-7-15-11(13)8-14/h5-7,10,12,16H,9H2,1-4H3. The maximum Gasteiger partial charge on any atom is 0.243 e. The van der Waals surface area contributed by atoms with Gasteiger partial charge in [-0.05, 0) is 32.1 Å². The highest BCUT2D eigenvalue weighted by Crippen LogP contribution is 2.14. The lowest BCUT2D eigenvalue weighted by Crippen LogP contribution is -2.45. The van der Waals surface area contributed by atoms with Crippen LogP contribution in [0.5, 0.6) is 0 Å². The van der Waals surface area contributed by atoms with Gasteiger partial charge in [0.1, 0.15) is 11.0 Å². The van der Waals surface area contributed by atoms with Crippen LogP contribution in [0.15, 0.2) is 23.2 Å². The first-order valence-corrected chi connectivity index (χ1v) is 7.78. The summed E-state index contributed by atoms with van der Waals surface area (Å²) in [6.07, 6.45) is 1.40. The highest BCUT2D eigenvalue weighted by Gasteiger charge is 2.25. The molecule has 0 aliphatic heterocycles. The van der Waals surface area contributed by atoms with E-state index >= 15 is 0 Å². The zero-order valence-corrected chi connectivity index (χ0v) is 13.0. The molecule has 20 heavy (non-hydrogen) atoms. The monoisotopic (exact) mass is 296 g/mol. The molecule has 0 amide bonds. The summed E-state index contributed by atoms with van der Waals surface area (Å²) >= 11 is 0. The quantitative estimate of drug-likeness (QED) is 0.840. The normalized spacial score (nSPS) is 13.4. The van der Waals surface area contributed by atoms with Gasteiger partial charge in [0.25, 0.3) is 0 Å². The number of hydrogen-bond donors (Lipinski definition) is 1. The molecule has 6 nitrogen and oxygen atoms in total. The van der Waals surface area contributed by atoms with Crippen molar-refractivity contribution in [2.24, 2.45) is 5.92 Å². The molecule has 0 fully saturated rings. The van der Waals surface area contributed by atoms with Crippen molar-refractivity contribution in [1.29, 1.82) is 5.26 Å². The van der Waals surface area contributed by atoms with E-state index in [4.69, 9.17) is 5.26 Å². The molecule has 0 aliphatic rings. The van der Waals surface area contributed by atoms with Gasteiger partial charge in [0, 0.05) is 18.8 Å². The molecule has 1 aromatic rings. The van der Waals surface area contributed by atoms with Gasteiger partial charge in [0.05, 0.1) is 0 Å². The van der Waals surface area contributed by atoms with Crippen LogP contribution in [0.3, 0.4) is 0 Å². The molecule has 0 saturated carbocycles. The molecule has 0 saturated heterocycles. The number of pyridine rings is 1. The lowest BCUT2D eigenvalue weighted by atomic mass is 10.1. The Labute approximate surface area is 120 Å². The zero-order valence-electron chi connectivity index (χ0n) is 12.2. The summed E-state index contributed by atoms with van der Waals surface area (Å²) in [6.45, 7) is 4.48. The maximum atomic E-state index is 12.4. The van der Waals surface area contributed by atoms with Crippen LogP contribution in [-0.4, -0.2) is 45.0 Å². The van der Waals surface area contributed by atoms with Crippen LogP contribution in [0, 0.1) is 17.2 Å². The maximum absolute atomic E-state index is 12.4. The molecule has 110 valence electrons. The summed E-state index contributed by atoms with van der Waals surface area (Å²) in [7, 11) is 0.0122. The predicted molar refractivity (Wildman–Crippen MR) is 76.5 cm³/mol. The average molecular weight is 296 g/mol. The molecule has 7 heteroatoms. The van der Waals surface area contributed by atoms with Crippen LogP contribution in [0.2, 0.25) is 0 Å². The first-order valence-electron chi connectivity index (χ1n) is 6.30. The molecule has 1 rings (SSSR count). The van der Waals surface area contributed by atoms with Crippen molar-refractivity contribution in [2.75, 3.05) is 20.6 Å². The second-order valence-electron chi connectivity index (χ2n) is 5.20. The fourth-order valence-electron chi connectivity index (χ4n) is 1.73. The van der Waals surface area contributed by atoms with E-state index < -0.39 is 10.0 Å². The summed E-state index contributed by atoms with van der Waals surface area (Å²) in [5.74, 6) is 0.134. The van der Waals surface area contributed by atoms with E-state index in [9.17, 15) is 8.42 Å². The average Bonchev–Trinajstić information content (AvgIpc) is 2.37. The van der Waals surface area contributed by atoms with Crippen molar-refractivity contribution in [3.63, 3.8) is 0 Å². The summed E-state index contributed by atoms with van der Waals surface area (Å²) < 4.78 is 27.4. The fourth-order valence-corrected chi connectivity index (χ4v) is 3.21. The van der Waals surface area contributed by atoms with Crippen LogP contribution in [0.25, 0.3) is 0 Å². The predicted octanol–water partition coefficient (Wildman–Crippen LogP) is 0.818. The third-order valence-corrected chi connectivity index (χ3v) is 4.36. The van der Waals surface area contributed by atoms with E-state index in [-0.39, 0.29) is 22.5 Å². The second kappa shape index (κ2) is 6.79.